The van der Waals surface area contributed by atoms with Gasteiger partial charge in [0.2, 0.25) is 5.78 Å². The first-order valence-electron chi connectivity index (χ1n) is 14.6. The van der Waals surface area contributed by atoms with E-state index in [0.29, 0.717) is 35.1 Å². The zero-order chi connectivity index (χ0) is 27.4. The van der Waals surface area contributed by atoms with Gasteiger partial charge in [0.15, 0.2) is 0 Å². The number of rotatable bonds is 10. The Kier molecular flexibility index (Phi) is 8.11. The van der Waals surface area contributed by atoms with Gasteiger partial charge in [0, 0.05) is 11.0 Å². The highest BCUT2D eigenvalue weighted by molar-refractivity contribution is 6.46. The van der Waals surface area contributed by atoms with E-state index >= 15 is 0 Å². The van der Waals surface area contributed by atoms with E-state index in [1.165, 1.54) is 35.1 Å². The Bertz CT molecular complexity index is 1370. The summed E-state index contributed by atoms with van der Waals surface area (Å²) in [5.74, 6) is 0.122. The smallest absolute Gasteiger partial charge is 0.312 e. The highest BCUT2D eigenvalue weighted by atomic mass is 16.7. The van der Waals surface area contributed by atoms with Crippen LogP contribution in [0.15, 0.2) is 78.0 Å². The van der Waals surface area contributed by atoms with Gasteiger partial charge in [0.1, 0.15) is 5.71 Å². The molecule has 0 radical (unpaired) electrons. The maximum Gasteiger partial charge on any atom is 0.365 e. The van der Waals surface area contributed by atoms with E-state index in [-0.39, 0.29) is 11.2 Å². The molecular formula is C35H39NO3. The van der Waals surface area contributed by atoms with Gasteiger partial charge in [-0.25, -0.2) is 4.79 Å². The number of hydrogen-bond acceptors (Lipinski definition) is 4. The van der Waals surface area contributed by atoms with E-state index in [0.717, 1.165) is 32.1 Å². The largest absolute Gasteiger partial charge is 0.365 e. The summed E-state index contributed by atoms with van der Waals surface area (Å²) in [7, 11) is 0. The van der Waals surface area contributed by atoms with Crippen LogP contribution in [-0.2, 0) is 10.3 Å². The predicted octanol–water partition coefficient (Wildman–Crippen LogP) is 8.78. The van der Waals surface area contributed by atoms with Crippen LogP contribution in [0, 0.1) is 11.8 Å². The predicted molar refractivity (Wildman–Crippen MR) is 157 cm³/mol. The standard InChI is InChI=1S/C35H39NO3/c1-4-21-35(24(3)5-2)30-18-12-11-17-28(30)29-20-19-27(23-31(29)35)33(37)32(22-25-13-9-10-14-25)36-39-34(38)26-15-7-6-8-16-26/h6-8,11-12,15-20,23-25H,4-5,9-10,13-14,21-22H2,1-3H3/b36-32-. The summed E-state index contributed by atoms with van der Waals surface area (Å²) < 4.78 is 0. The molecule has 0 spiro atoms. The molecule has 3 aromatic rings. The normalized spacial score (nSPS) is 19.4. The van der Waals surface area contributed by atoms with E-state index in [1.54, 1.807) is 24.3 Å². The van der Waals surface area contributed by atoms with Crippen molar-refractivity contribution in [2.75, 3.05) is 0 Å². The van der Waals surface area contributed by atoms with E-state index < -0.39 is 5.97 Å². The van der Waals surface area contributed by atoms with E-state index in [2.05, 4.69) is 62.3 Å². The molecule has 0 bridgehead atoms. The minimum atomic E-state index is -0.546. The minimum Gasteiger partial charge on any atom is -0.312 e. The Balaban J connectivity index is 1.53. The fourth-order valence-corrected chi connectivity index (χ4v) is 6.88. The summed E-state index contributed by atoms with van der Waals surface area (Å²) in [6, 6.07) is 23.7. The molecule has 2 aliphatic rings. The highest BCUT2D eigenvalue weighted by Crippen LogP contribution is 2.56. The first-order chi connectivity index (χ1) is 19.0. The number of Topliss-reactive ketones (excluding diaryl/α,β-unsaturated/α-hetero) is 1. The van der Waals surface area contributed by atoms with Crippen molar-refractivity contribution in [2.45, 2.75) is 77.6 Å². The van der Waals surface area contributed by atoms with Crippen LogP contribution in [0.3, 0.4) is 0 Å². The van der Waals surface area contributed by atoms with Gasteiger partial charge >= 0.3 is 5.97 Å². The summed E-state index contributed by atoms with van der Waals surface area (Å²) in [6.45, 7) is 6.84. The molecule has 0 heterocycles. The van der Waals surface area contributed by atoms with Crippen LogP contribution in [0.4, 0.5) is 0 Å². The van der Waals surface area contributed by atoms with Gasteiger partial charge in [-0.3, -0.25) is 4.79 Å². The van der Waals surface area contributed by atoms with Crippen LogP contribution >= 0.6 is 0 Å². The Morgan fingerprint density at radius 1 is 0.897 bits per heavy atom. The average molecular weight is 522 g/mol. The molecule has 0 aromatic heterocycles. The summed E-state index contributed by atoms with van der Waals surface area (Å²) in [4.78, 5) is 32.0. The number of fused-ring (bicyclic) bond motifs is 3. The molecular weight excluding hydrogens is 482 g/mol. The van der Waals surface area contributed by atoms with Gasteiger partial charge in [-0.2, -0.15) is 0 Å². The summed E-state index contributed by atoms with van der Waals surface area (Å²) in [5, 5.41) is 4.21. The Labute approximate surface area is 232 Å². The zero-order valence-corrected chi connectivity index (χ0v) is 23.4. The molecule has 1 saturated carbocycles. The number of carbonyl (C=O) groups excluding carboxylic acids is 2. The first-order valence-corrected chi connectivity index (χ1v) is 14.6. The molecule has 0 N–H and O–H groups in total. The second kappa shape index (κ2) is 11.7. The summed E-state index contributed by atoms with van der Waals surface area (Å²) in [5.41, 5.74) is 6.36. The summed E-state index contributed by atoms with van der Waals surface area (Å²) in [6.07, 6.45) is 8.15. The molecule has 4 heteroatoms. The van der Waals surface area contributed by atoms with Crippen molar-refractivity contribution in [2.24, 2.45) is 17.0 Å². The Morgan fingerprint density at radius 2 is 1.59 bits per heavy atom. The maximum atomic E-state index is 14.0. The van der Waals surface area contributed by atoms with E-state index in [9.17, 15) is 9.59 Å². The molecule has 0 amide bonds. The minimum absolute atomic E-state index is 0.131. The SMILES string of the molecule is CCCC1(C(C)CC)c2ccccc2-c2ccc(C(=O)/C(CC3CCCC3)=N\OC(=O)c3ccccc3)cc21. The number of benzene rings is 3. The third-order valence-corrected chi connectivity index (χ3v) is 9.03. The van der Waals surface area contributed by atoms with Crippen LogP contribution in [0.5, 0.6) is 0 Å². The van der Waals surface area contributed by atoms with Crippen molar-refractivity contribution in [3.05, 3.63) is 95.1 Å². The van der Waals surface area contributed by atoms with Crippen molar-refractivity contribution in [1.29, 1.82) is 0 Å². The van der Waals surface area contributed by atoms with Gasteiger partial charge in [-0.15, -0.1) is 0 Å². The van der Waals surface area contributed by atoms with Gasteiger partial charge in [-0.1, -0.05) is 119 Å². The molecule has 5 rings (SSSR count). The Hall–Kier alpha value is -3.53. The molecule has 3 aromatic carbocycles. The third kappa shape index (κ3) is 5.09. The topological polar surface area (TPSA) is 55.7 Å². The number of carbonyl (C=O) groups is 2. The number of oxime groups is 1. The first kappa shape index (κ1) is 27.1. The molecule has 4 nitrogen and oxygen atoms in total. The third-order valence-electron chi connectivity index (χ3n) is 9.03. The van der Waals surface area contributed by atoms with Crippen LogP contribution in [0.2, 0.25) is 0 Å². The lowest BCUT2D eigenvalue weighted by Crippen LogP contribution is -2.33. The molecule has 2 atom stereocenters. The molecule has 0 aliphatic heterocycles. The lowest BCUT2D eigenvalue weighted by Gasteiger charge is -2.38. The average Bonchev–Trinajstić information content (AvgIpc) is 3.60. The molecule has 202 valence electrons. The summed E-state index contributed by atoms with van der Waals surface area (Å²) >= 11 is 0. The molecule has 2 unspecified atom stereocenters. The lowest BCUT2D eigenvalue weighted by molar-refractivity contribution is 0.0514. The van der Waals surface area contributed by atoms with Crippen LogP contribution < -0.4 is 0 Å². The second-order valence-corrected chi connectivity index (χ2v) is 11.3. The van der Waals surface area contributed by atoms with Crippen molar-refractivity contribution in [3.63, 3.8) is 0 Å². The Morgan fingerprint density at radius 3 is 2.31 bits per heavy atom. The molecule has 39 heavy (non-hydrogen) atoms. The fraction of sp³-hybridized carbons (Fsp3) is 0.400. The zero-order valence-electron chi connectivity index (χ0n) is 23.4. The highest BCUT2D eigenvalue weighted by Gasteiger charge is 2.45. The quantitative estimate of drug-likeness (QED) is 0.116. The van der Waals surface area contributed by atoms with Crippen molar-refractivity contribution in [3.8, 4) is 11.1 Å². The van der Waals surface area contributed by atoms with E-state index in [1.807, 2.05) is 12.1 Å². The van der Waals surface area contributed by atoms with Crippen LogP contribution in [0.1, 0.15) is 104 Å². The van der Waals surface area contributed by atoms with E-state index in [4.69, 9.17) is 4.84 Å². The molecule has 1 fully saturated rings. The second-order valence-electron chi connectivity index (χ2n) is 11.3. The molecule has 0 saturated heterocycles. The van der Waals surface area contributed by atoms with Gasteiger partial charge in [0.05, 0.1) is 5.56 Å². The fourth-order valence-electron chi connectivity index (χ4n) is 6.88. The van der Waals surface area contributed by atoms with Crippen molar-refractivity contribution in [1.82, 2.24) is 0 Å². The van der Waals surface area contributed by atoms with Crippen LogP contribution in [-0.4, -0.2) is 17.5 Å². The van der Waals surface area contributed by atoms with Crippen molar-refractivity contribution >= 4 is 17.5 Å². The molecule has 2 aliphatic carbocycles. The lowest BCUT2D eigenvalue weighted by atomic mass is 9.65. The maximum absolute atomic E-state index is 14.0. The van der Waals surface area contributed by atoms with Crippen molar-refractivity contribution < 1.29 is 14.4 Å². The number of nitrogens with zero attached hydrogens (tertiary/aromatic N) is 1. The monoisotopic (exact) mass is 521 g/mol. The van der Waals surface area contributed by atoms with Gasteiger partial charge in [0.25, 0.3) is 0 Å². The van der Waals surface area contributed by atoms with Gasteiger partial charge in [-0.05, 0) is 65.1 Å². The van der Waals surface area contributed by atoms with Gasteiger partial charge < -0.3 is 4.84 Å². The van der Waals surface area contributed by atoms with Crippen LogP contribution in [0.25, 0.3) is 11.1 Å². The number of hydrogen-bond donors (Lipinski definition) is 0. The number of ketones is 1.